The molecule has 0 saturated carbocycles. The summed E-state index contributed by atoms with van der Waals surface area (Å²) in [6, 6.07) is 13.0. The van der Waals surface area contributed by atoms with Crippen molar-refractivity contribution in [1.82, 2.24) is 9.97 Å². The van der Waals surface area contributed by atoms with Crippen LogP contribution in [0.1, 0.15) is 5.56 Å². The Balaban J connectivity index is 1.67. The first-order valence-electron chi connectivity index (χ1n) is 6.92. The number of imidazole rings is 1. The molecule has 0 amide bonds. The van der Waals surface area contributed by atoms with Crippen LogP contribution in [0.2, 0.25) is 0 Å². The second kappa shape index (κ2) is 7.19. The maximum Gasteiger partial charge on any atom is 0.166 e. The van der Waals surface area contributed by atoms with Gasteiger partial charge in [-0.05, 0) is 35.4 Å². The van der Waals surface area contributed by atoms with Crippen LogP contribution < -0.4 is 4.74 Å². The number of nitrogens with one attached hydrogen (secondary N) is 1. The van der Waals surface area contributed by atoms with E-state index in [9.17, 15) is 4.39 Å². The van der Waals surface area contributed by atoms with E-state index in [2.05, 4.69) is 25.9 Å². The van der Waals surface area contributed by atoms with Gasteiger partial charge in [-0.1, -0.05) is 45.9 Å². The van der Waals surface area contributed by atoms with Crippen molar-refractivity contribution in [1.29, 1.82) is 0 Å². The lowest BCUT2D eigenvalue weighted by Gasteiger charge is -2.04. The van der Waals surface area contributed by atoms with Gasteiger partial charge in [0, 0.05) is 10.2 Å². The zero-order valence-corrected chi connectivity index (χ0v) is 14.7. The molecule has 0 aliphatic carbocycles. The number of hydrogen-bond acceptors (Lipinski definition) is 3. The highest BCUT2D eigenvalue weighted by Crippen LogP contribution is 2.26. The summed E-state index contributed by atoms with van der Waals surface area (Å²) in [5, 5.41) is 0.805. The summed E-state index contributed by atoms with van der Waals surface area (Å²) in [4.78, 5) is 7.64. The zero-order valence-electron chi connectivity index (χ0n) is 12.3. The molecule has 118 valence electrons. The Kier molecular flexibility index (Phi) is 5.03. The molecule has 3 nitrogen and oxygen atoms in total. The Labute approximate surface area is 146 Å². The first-order chi connectivity index (χ1) is 11.2. The van der Waals surface area contributed by atoms with E-state index in [-0.39, 0.29) is 11.6 Å². The molecule has 23 heavy (non-hydrogen) atoms. The van der Waals surface area contributed by atoms with Crippen LogP contribution >= 0.6 is 27.7 Å². The maximum atomic E-state index is 13.7. The number of thioether (sulfide) groups is 1. The predicted molar refractivity (Wildman–Crippen MR) is 94.2 cm³/mol. The lowest BCUT2D eigenvalue weighted by Crippen LogP contribution is -1.90. The van der Waals surface area contributed by atoms with Crippen molar-refractivity contribution in [2.45, 2.75) is 10.9 Å². The van der Waals surface area contributed by atoms with E-state index >= 15 is 0 Å². The number of methoxy groups -OCH3 is 1. The molecular weight excluding hydrogens is 379 g/mol. The van der Waals surface area contributed by atoms with Crippen LogP contribution in [-0.4, -0.2) is 17.1 Å². The average molecular weight is 393 g/mol. The molecule has 2 aromatic carbocycles. The molecule has 0 bridgehead atoms. The van der Waals surface area contributed by atoms with Crippen molar-refractivity contribution >= 4 is 27.7 Å². The van der Waals surface area contributed by atoms with Gasteiger partial charge >= 0.3 is 0 Å². The summed E-state index contributed by atoms with van der Waals surface area (Å²) in [5.74, 6) is 0.545. The SMILES string of the molecule is COc1ccc(CSc2ncc(-c3ccc(Br)cc3)[nH]2)cc1F. The summed E-state index contributed by atoms with van der Waals surface area (Å²) in [6.07, 6.45) is 1.81. The van der Waals surface area contributed by atoms with E-state index in [0.717, 1.165) is 26.4 Å². The van der Waals surface area contributed by atoms with Crippen LogP contribution in [0.4, 0.5) is 4.39 Å². The van der Waals surface area contributed by atoms with Crippen molar-refractivity contribution in [3.8, 4) is 17.0 Å². The standard InChI is InChI=1S/C17H14BrFN2OS/c1-22-16-7-2-11(8-14(16)19)10-23-17-20-9-15(21-17)12-3-5-13(18)6-4-12/h2-9H,10H2,1H3,(H,20,21). The molecule has 0 fully saturated rings. The lowest BCUT2D eigenvalue weighted by molar-refractivity contribution is 0.386. The fraction of sp³-hybridized carbons (Fsp3) is 0.118. The number of hydrogen-bond donors (Lipinski definition) is 1. The van der Waals surface area contributed by atoms with E-state index < -0.39 is 0 Å². The minimum atomic E-state index is -0.347. The molecular formula is C17H14BrFN2OS. The third-order valence-electron chi connectivity index (χ3n) is 3.30. The molecule has 6 heteroatoms. The van der Waals surface area contributed by atoms with Gasteiger partial charge < -0.3 is 9.72 Å². The van der Waals surface area contributed by atoms with Crippen LogP contribution in [0.25, 0.3) is 11.3 Å². The molecule has 3 aromatic rings. The largest absolute Gasteiger partial charge is 0.494 e. The molecule has 0 spiro atoms. The van der Waals surface area contributed by atoms with Gasteiger partial charge in [0.05, 0.1) is 19.0 Å². The lowest BCUT2D eigenvalue weighted by atomic mass is 10.2. The van der Waals surface area contributed by atoms with E-state index in [0.29, 0.717) is 5.75 Å². The molecule has 0 saturated heterocycles. The van der Waals surface area contributed by atoms with Crippen LogP contribution in [0.3, 0.4) is 0 Å². The number of aromatic nitrogens is 2. The molecule has 3 rings (SSSR count). The second-order valence-corrected chi connectivity index (χ2v) is 6.75. The van der Waals surface area contributed by atoms with Gasteiger partial charge in [-0.2, -0.15) is 0 Å². The predicted octanol–water partition coefficient (Wildman–Crippen LogP) is 5.28. The Bertz CT molecular complexity index is 805. The molecule has 0 radical (unpaired) electrons. The van der Waals surface area contributed by atoms with Gasteiger partial charge in [0.2, 0.25) is 0 Å². The highest BCUT2D eigenvalue weighted by Gasteiger charge is 2.07. The highest BCUT2D eigenvalue weighted by atomic mass is 79.9. The Morgan fingerprint density at radius 2 is 2.00 bits per heavy atom. The Morgan fingerprint density at radius 3 is 2.70 bits per heavy atom. The van der Waals surface area contributed by atoms with Crippen molar-refractivity contribution in [2.24, 2.45) is 0 Å². The zero-order chi connectivity index (χ0) is 16.2. The van der Waals surface area contributed by atoms with E-state index in [1.54, 1.807) is 12.3 Å². The Hall–Kier alpha value is -1.79. The number of aromatic amines is 1. The van der Waals surface area contributed by atoms with Crippen LogP contribution in [-0.2, 0) is 5.75 Å². The quantitative estimate of drug-likeness (QED) is 0.600. The minimum Gasteiger partial charge on any atom is -0.494 e. The monoisotopic (exact) mass is 392 g/mol. The van der Waals surface area contributed by atoms with Gasteiger partial charge in [-0.25, -0.2) is 9.37 Å². The van der Waals surface area contributed by atoms with Crippen molar-refractivity contribution in [3.05, 3.63) is 64.5 Å². The van der Waals surface area contributed by atoms with E-state index in [1.807, 2.05) is 30.3 Å². The summed E-state index contributed by atoms with van der Waals surface area (Å²) < 4.78 is 19.6. The number of benzene rings is 2. The number of ether oxygens (including phenoxy) is 1. The highest BCUT2D eigenvalue weighted by molar-refractivity contribution is 9.10. The van der Waals surface area contributed by atoms with Crippen molar-refractivity contribution in [3.63, 3.8) is 0 Å². The molecule has 1 aromatic heterocycles. The van der Waals surface area contributed by atoms with Gasteiger partial charge in [-0.3, -0.25) is 0 Å². The normalized spacial score (nSPS) is 10.7. The van der Waals surface area contributed by atoms with E-state index in [4.69, 9.17) is 4.74 Å². The first-order valence-corrected chi connectivity index (χ1v) is 8.70. The number of H-pyrrole nitrogens is 1. The van der Waals surface area contributed by atoms with Gasteiger partial charge in [0.1, 0.15) is 0 Å². The number of halogens is 2. The third-order valence-corrected chi connectivity index (χ3v) is 4.79. The first kappa shape index (κ1) is 16.1. The van der Waals surface area contributed by atoms with Crippen molar-refractivity contribution in [2.75, 3.05) is 7.11 Å². The molecule has 0 aliphatic heterocycles. The maximum absolute atomic E-state index is 13.7. The fourth-order valence-corrected chi connectivity index (χ4v) is 3.16. The molecule has 1 N–H and O–H groups in total. The van der Waals surface area contributed by atoms with Gasteiger partial charge in [0.15, 0.2) is 16.7 Å². The Morgan fingerprint density at radius 1 is 1.22 bits per heavy atom. The van der Waals surface area contributed by atoms with Crippen LogP contribution in [0.15, 0.2) is 58.3 Å². The molecule has 1 heterocycles. The summed E-state index contributed by atoms with van der Waals surface area (Å²) in [5.41, 5.74) is 2.92. The molecule has 0 aliphatic rings. The summed E-state index contributed by atoms with van der Waals surface area (Å²) in [6.45, 7) is 0. The second-order valence-electron chi connectivity index (χ2n) is 4.87. The topological polar surface area (TPSA) is 37.9 Å². The van der Waals surface area contributed by atoms with Crippen molar-refractivity contribution < 1.29 is 9.13 Å². The summed E-state index contributed by atoms with van der Waals surface area (Å²) in [7, 11) is 1.46. The molecule has 0 atom stereocenters. The number of rotatable bonds is 5. The minimum absolute atomic E-state index is 0.259. The molecule has 0 unspecified atom stereocenters. The van der Waals surface area contributed by atoms with E-state index in [1.165, 1.54) is 24.9 Å². The van der Waals surface area contributed by atoms with Gasteiger partial charge in [-0.15, -0.1) is 0 Å². The van der Waals surface area contributed by atoms with Gasteiger partial charge in [0.25, 0.3) is 0 Å². The number of nitrogens with zero attached hydrogens (tertiary/aromatic N) is 1. The summed E-state index contributed by atoms with van der Waals surface area (Å²) >= 11 is 4.95. The third kappa shape index (κ3) is 3.95. The average Bonchev–Trinajstić information content (AvgIpc) is 3.03. The van der Waals surface area contributed by atoms with Crippen LogP contribution in [0, 0.1) is 5.82 Å². The smallest absolute Gasteiger partial charge is 0.166 e. The van der Waals surface area contributed by atoms with Crippen LogP contribution in [0.5, 0.6) is 5.75 Å². The fourth-order valence-electron chi connectivity index (χ4n) is 2.10.